The van der Waals surface area contributed by atoms with Gasteiger partial charge in [-0.1, -0.05) is 45.0 Å². The van der Waals surface area contributed by atoms with Crippen LogP contribution in [0.3, 0.4) is 0 Å². The normalized spacial score (nSPS) is 10.7. The SMILES string of the molecule is CC(C)(C)c1ccc(C(=O)NCC(=O)OCc2cccc(C#N)c2)cc1. The van der Waals surface area contributed by atoms with Crippen molar-refractivity contribution in [2.45, 2.75) is 32.8 Å². The predicted molar refractivity (Wildman–Crippen MR) is 98.4 cm³/mol. The first kappa shape index (κ1) is 19.2. The number of benzene rings is 2. The fraction of sp³-hybridized carbons (Fsp3) is 0.286. The highest BCUT2D eigenvalue weighted by atomic mass is 16.5. The summed E-state index contributed by atoms with van der Waals surface area (Å²) in [5.41, 5.74) is 2.87. The average molecular weight is 350 g/mol. The van der Waals surface area contributed by atoms with Crippen LogP contribution in [-0.2, 0) is 21.6 Å². The Hall–Kier alpha value is -3.13. The Morgan fingerprint density at radius 1 is 1.12 bits per heavy atom. The monoisotopic (exact) mass is 350 g/mol. The van der Waals surface area contributed by atoms with Crippen molar-refractivity contribution in [1.82, 2.24) is 5.32 Å². The highest BCUT2D eigenvalue weighted by molar-refractivity contribution is 5.95. The summed E-state index contributed by atoms with van der Waals surface area (Å²) in [7, 11) is 0. The third-order valence-electron chi connectivity index (χ3n) is 3.86. The number of hydrogen-bond acceptors (Lipinski definition) is 4. The smallest absolute Gasteiger partial charge is 0.325 e. The van der Waals surface area contributed by atoms with E-state index in [-0.39, 0.29) is 24.5 Å². The van der Waals surface area contributed by atoms with E-state index in [1.807, 2.05) is 18.2 Å². The van der Waals surface area contributed by atoms with Gasteiger partial charge in [0.2, 0.25) is 0 Å². The van der Waals surface area contributed by atoms with E-state index < -0.39 is 5.97 Å². The van der Waals surface area contributed by atoms with Gasteiger partial charge in [0.15, 0.2) is 0 Å². The highest BCUT2D eigenvalue weighted by Crippen LogP contribution is 2.22. The standard InChI is InChI=1S/C21H22N2O3/c1-21(2,3)18-9-7-17(8-10-18)20(25)23-13-19(24)26-14-16-6-4-5-15(11-16)12-22/h4-11H,13-14H2,1-3H3,(H,23,25). The van der Waals surface area contributed by atoms with Gasteiger partial charge in [0.05, 0.1) is 11.6 Å². The molecule has 0 saturated heterocycles. The summed E-state index contributed by atoms with van der Waals surface area (Å²) in [6.07, 6.45) is 0. The van der Waals surface area contributed by atoms with Crippen molar-refractivity contribution in [3.05, 3.63) is 70.8 Å². The zero-order valence-corrected chi connectivity index (χ0v) is 15.2. The van der Waals surface area contributed by atoms with E-state index in [2.05, 4.69) is 26.1 Å². The molecule has 0 heterocycles. The van der Waals surface area contributed by atoms with E-state index in [1.165, 1.54) is 0 Å². The second kappa shape index (κ2) is 8.30. The summed E-state index contributed by atoms with van der Waals surface area (Å²) in [5, 5.41) is 11.4. The second-order valence-electron chi connectivity index (χ2n) is 6.98. The molecule has 0 fully saturated rings. The van der Waals surface area contributed by atoms with Crippen LogP contribution in [0, 0.1) is 11.3 Å². The fourth-order valence-electron chi connectivity index (χ4n) is 2.32. The topological polar surface area (TPSA) is 79.2 Å². The number of rotatable bonds is 5. The van der Waals surface area contributed by atoms with Crippen LogP contribution in [0.5, 0.6) is 0 Å². The third-order valence-corrected chi connectivity index (χ3v) is 3.86. The molecule has 2 aromatic rings. The summed E-state index contributed by atoms with van der Waals surface area (Å²) in [6.45, 7) is 6.15. The van der Waals surface area contributed by atoms with Crippen molar-refractivity contribution in [1.29, 1.82) is 5.26 Å². The lowest BCUT2D eigenvalue weighted by Gasteiger charge is -2.19. The Kier molecular flexibility index (Phi) is 6.13. The summed E-state index contributed by atoms with van der Waals surface area (Å²) in [6, 6.07) is 16.2. The second-order valence-corrected chi connectivity index (χ2v) is 6.98. The number of amides is 1. The van der Waals surface area contributed by atoms with Crippen LogP contribution in [-0.4, -0.2) is 18.4 Å². The molecule has 1 N–H and O–H groups in total. The Bertz CT molecular complexity index is 828. The molecule has 0 atom stereocenters. The lowest BCUT2D eigenvalue weighted by Crippen LogP contribution is -2.30. The summed E-state index contributed by atoms with van der Waals surface area (Å²) < 4.78 is 5.11. The molecule has 2 rings (SSSR count). The molecular weight excluding hydrogens is 328 g/mol. The van der Waals surface area contributed by atoms with Crippen molar-refractivity contribution in [3.63, 3.8) is 0 Å². The van der Waals surface area contributed by atoms with Crippen LogP contribution in [0.4, 0.5) is 0 Å². The fourth-order valence-corrected chi connectivity index (χ4v) is 2.32. The number of hydrogen-bond donors (Lipinski definition) is 1. The molecule has 0 radical (unpaired) electrons. The van der Waals surface area contributed by atoms with Crippen molar-refractivity contribution >= 4 is 11.9 Å². The minimum absolute atomic E-state index is 0.0155. The van der Waals surface area contributed by atoms with Crippen molar-refractivity contribution in [2.24, 2.45) is 0 Å². The predicted octanol–water partition coefficient (Wildman–Crippen LogP) is 3.33. The lowest BCUT2D eigenvalue weighted by atomic mass is 9.87. The van der Waals surface area contributed by atoms with Gasteiger partial charge in [0.1, 0.15) is 13.2 Å². The summed E-state index contributed by atoms with van der Waals surface area (Å²) >= 11 is 0. The first-order valence-electron chi connectivity index (χ1n) is 8.33. The largest absolute Gasteiger partial charge is 0.460 e. The van der Waals surface area contributed by atoms with Gasteiger partial charge in [-0.15, -0.1) is 0 Å². The molecule has 2 aromatic carbocycles. The number of carbonyl (C=O) groups is 2. The number of nitrogens with zero attached hydrogens (tertiary/aromatic N) is 1. The van der Waals surface area contributed by atoms with Crippen LogP contribution in [0.2, 0.25) is 0 Å². The molecule has 0 saturated carbocycles. The van der Waals surface area contributed by atoms with E-state index >= 15 is 0 Å². The van der Waals surface area contributed by atoms with Crippen LogP contribution in [0.1, 0.15) is 47.8 Å². The van der Waals surface area contributed by atoms with Gasteiger partial charge in [0, 0.05) is 5.56 Å². The van der Waals surface area contributed by atoms with Crippen LogP contribution in [0.25, 0.3) is 0 Å². The van der Waals surface area contributed by atoms with E-state index in [0.717, 1.165) is 11.1 Å². The Labute approximate surface area is 153 Å². The quantitative estimate of drug-likeness (QED) is 0.839. The third kappa shape index (κ3) is 5.45. The zero-order valence-electron chi connectivity index (χ0n) is 15.2. The maximum atomic E-state index is 12.1. The van der Waals surface area contributed by atoms with Crippen molar-refractivity contribution in [3.8, 4) is 6.07 Å². The molecule has 0 spiro atoms. The zero-order chi connectivity index (χ0) is 19.2. The Morgan fingerprint density at radius 2 is 1.81 bits per heavy atom. The lowest BCUT2D eigenvalue weighted by molar-refractivity contribution is -0.143. The molecule has 5 heteroatoms. The van der Waals surface area contributed by atoms with Crippen LogP contribution in [0.15, 0.2) is 48.5 Å². The molecule has 0 aliphatic carbocycles. The van der Waals surface area contributed by atoms with E-state index in [4.69, 9.17) is 10.00 Å². The maximum Gasteiger partial charge on any atom is 0.325 e. The first-order valence-corrected chi connectivity index (χ1v) is 8.33. The van der Waals surface area contributed by atoms with Gasteiger partial charge < -0.3 is 10.1 Å². The van der Waals surface area contributed by atoms with Crippen LogP contribution < -0.4 is 5.32 Å². The summed E-state index contributed by atoms with van der Waals surface area (Å²) in [4.78, 5) is 23.9. The molecule has 0 aliphatic heterocycles. The molecule has 0 bridgehead atoms. The minimum Gasteiger partial charge on any atom is -0.460 e. The van der Waals surface area contributed by atoms with E-state index in [1.54, 1.807) is 36.4 Å². The van der Waals surface area contributed by atoms with Crippen molar-refractivity contribution < 1.29 is 14.3 Å². The molecule has 1 amide bonds. The van der Waals surface area contributed by atoms with Gasteiger partial charge in [0.25, 0.3) is 5.91 Å². The average Bonchev–Trinajstić information content (AvgIpc) is 2.64. The molecule has 0 unspecified atom stereocenters. The van der Waals surface area contributed by atoms with Gasteiger partial charge in [-0.3, -0.25) is 9.59 Å². The maximum absolute atomic E-state index is 12.1. The van der Waals surface area contributed by atoms with E-state index in [0.29, 0.717) is 11.1 Å². The summed E-state index contributed by atoms with van der Waals surface area (Å²) in [5.74, 6) is -0.860. The number of esters is 1. The molecule has 0 aliphatic rings. The van der Waals surface area contributed by atoms with Gasteiger partial charge in [-0.25, -0.2) is 0 Å². The van der Waals surface area contributed by atoms with Gasteiger partial charge >= 0.3 is 5.97 Å². The number of nitrogens with one attached hydrogen (secondary N) is 1. The van der Waals surface area contributed by atoms with Gasteiger partial charge in [-0.2, -0.15) is 5.26 Å². The number of nitriles is 1. The minimum atomic E-state index is -0.535. The van der Waals surface area contributed by atoms with Gasteiger partial charge in [-0.05, 0) is 40.8 Å². The molecule has 134 valence electrons. The number of ether oxygens (including phenoxy) is 1. The molecule has 5 nitrogen and oxygen atoms in total. The Balaban J connectivity index is 1.83. The Morgan fingerprint density at radius 3 is 2.42 bits per heavy atom. The van der Waals surface area contributed by atoms with Crippen molar-refractivity contribution in [2.75, 3.05) is 6.54 Å². The van der Waals surface area contributed by atoms with Crippen LogP contribution >= 0.6 is 0 Å². The molecular formula is C21H22N2O3. The first-order chi connectivity index (χ1) is 12.3. The molecule has 26 heavy (non-hydrogen) atoms. The number of carbonyl (C=O) groups excluding carboxylic acids is 2. The van der Waals surface area contributed by atoms with E-state index in [9.17, 15) is 9.59 Å². The highest BCUT2D eigenvalue weighted by Gasteiger charge is 2.14. The molecule has 0 aromatic heterocycles.